The average Bonchev–Trinajstić information content (AvgIpc) is 3.31. The molecule has 1 aromatic heterocycles. The van der Waals surface area contributed by atoms with Crippen molar-refractivity contribution in [3.63, 3.8) is 0 Å². The first-order valence-electron chi connectivity index (χ1n) is 9.20. The predicted molar refractivity (Wildman–Crippen MR) is 109 cm³/mol. The number of amides is 1. The molecule has 0 bridgehead atoms. The molecule has 0 saturated heterocycles. The summed E-state index contributed by atoms with van der Waals surface area (Å²) in [5, 5.41) is 3.16. The molecule has 140 valence electrons. The second kappa shape index (κ2) is 8.05. The smallest absolute Gasteiger partial charge is 0.225 e. The summed E-state index contributed by atoms with van der Waals surface area (Å²) in [6.45, 7) is 0.730. The Morgan fingerprint density at radius 2 is 2.22 bits per heavy atom. The lowest BCUT2D eigenvalue weighted by molar-refractivity contribution is -0.121. The second-order valence-corrected chi connectivity index (χ2v) is 7.74. The van der Waals surface area contributed by atoms with E-state index in [1.54, 1.807) is 11.8 Å². The van der Waals surface area contributed by atoms with Gasteiger partial charge in [-0.3, -0.25) is 4.79 Å². The topological polar surface area (TPSA) is 67.0 Å². The zero-order valence-corrected chi connectivity index (χ0v) is 16.1. The molecule has 0 unspecified atom stereocenters. The minimum atomic E-state index is -0.122. The molecule has 0 aliphatic carbocycles. The van der Waals surface area contributed by atoms with Gasteiger partial charge < -0.3 is 15.0 Å². The number of carbonyl (C=O) groups excluding carboxylic acids is 1. The molecule has 0 radical (unpaired) electrons. The zero-order valence-electron chi connectivity index (χ0n) is 15.3. The minimum absolute atomic E-state index is 0.000457. The van der Waals surface area contributed by atoms with Crippen LogP contribution in [0.15, 0.2) is 42.5 Å². The van der Waals surface area contributed by atoms with Gasteiger partial charge in [-0.15, -0.1) is 0 Å². The molecule has 2 heterocycles. The molecule has 5 nitrogen and oxygen atoms in total. The third-order valence-corrected chi connectivity index (χ3v) is 5.45. The molecule has 2 N–H and O–H groups in total. The van der Waals surface area contributed by atoms with Crippen LogP contribution in [0, 0.1) is 0 Å². The van der Waals surface area contributed by atoms with Crippen molar-refractivity contribution in [2.24, 2.45) is 0 Å². The molecular weight excluding hydrogens is 358 g/mol. The maximum atomic E-state index is 12.7. The van der Waals surface area contributed by atoms with Crippen molar-refractivity contribution in [2.45, 2.75) is 25.3 Å². The fourth-order valence-corrected chi connectivity index (χ4v) is 3.87. The van der Waals surface area contributed by atoms with Crippen LogP contribution in [-0.4, -0.2) is 34.5 Å². The van der Waals surface area contributed by atoms with Gasteiger partial charge in [-0.2, -0.15) is 11.8 Å². The van der Waals surface area contributed by atoms with Crippen LogP contribution in [0.1, 0.15) is 29.4 Å². The summed E-state index contributed by atoms with van der Waals surface area (Å²) in [5.41, 5.74) is 4.11. The molecule has 0 fully saturated rings. The number of H-pyrrole nitrogens is 1. The highest BCUT2D eigenvalue weighted by Crippen LogP contribution is 2.26. The fraction of sp³-hybridized carbons (Fsp3) is 0.333. The van der Waals surface area contributed by atoms with Crippen molar-refractivity contribution in [1.29, 1.82) is 0 Å². The number of rotatable bonds is 7. The lowest BCUT2D eigenvalue weighted by atomic mass is 10.1. The quantitative estimate of drug-likeness (QED) is 0.656. The van der Waals surface area contributed by atoms with E-state index < -0.39 is 0 Å². The average molecular weight is 382 g/mol. The van der Waals surface area contributed by atoms with Crippen LogP contribution in [0.3, 0.4) is 0 Å². The zero-order chi connectivity index (χ0) is 18.6. The van der Waals surface area contributed by atoms with Crippen molar-refractivity contribution in [1.82, 2.24) is 15.3 Å². The van der Waals surface area contributed by atoms with E-state index in [2.05, 4.69) is 27.6 Å². The lowest BCUT2D eigenvalue weighted by Crippen LogP contribution is -2.31. The van der Waals surface area contributed by atoms with Gasteiger partial charge in [0.1, 0.15) is 11.6 Å². The van der Waals surface area contributed by atoms with Gasteiger partial charge in [-0.1, -0.05) is 24.3 Å². The van der Waals surface area contributed by atoms with E-state index in [-0.39, 0.29) is 11.9 Å². The van der Waals surface area contributed by atoms with Crippen LogP contribution in [0.2, 0.25) is 0 Å². The van der Waals surface area contributed by atoms with E-state index in [1.807, 2.05) is 36.4 Å². The number of benzene rings is 2. The Balaban J connectivity index is 1.48. The summed E-state index contributed by atoms with van der Waals surface area (Å²) in [6.07, 6.45) is 4.19. The molecule has 2 aromatic carbocycles. The molecule has 4 rings (SSSR count). The van der Waals surface area contributed by atoms with Crippen LogP contribution in [-0.2, 0) is 17.6 Å². The van der Waals surface area contributed by atoms with Gasteiger partial charge in [0.15, 0.2) is 0 Å². The van der Waals surface area contributed by atoms with Crippen LogP contribution >= 0.6 is 11.8 Å². The monoisotopic (exact) mass is 381 g/mol. The normalized spacial score (nSPS) is 14.0. The van der Waals surface area contributed by atoms with Crippen LogP contribution in [0.4, 0.5) is 0 Å². The molecule has 1 atom stereocenters. The number of carbonyl (C=O) groups is 1. The number of nitrogens with one attached hydrogen (secondary N) is 2. The van der Waals surface area contributed by atoms with Crippen LogP contribution in [0.25, 0.3) is 11.0 Å². The van der Waals surface area contributed by atoms with E-state index in [0.717, 1.165) is 53.4 Å². The Morgan fingerprint density at radius 3 is 3.07 bits per heavy atom. The molecule has 6 heteroatoms. The number of thioether (sulfide) groups is 1. The Hall–Kier alpha value is -2.47. The van der Waals surface area contributed by atoms with E-state index >= 15 is 0 Å². The number of para-hydroxylation sites is 2. The number of aromatic amines is 1. The second-order valence-electron chi connectivity index (χ2n) is 6.76. The summed E-state index contributed by atoms with van der Waals surface area (Å²) in [7, 11) is 0. The summed E-state index contributed by atoms with van der Waals surface area (Å²) < 4.78 is 5.61. The largest absolute Gasteiger partial charge is 0.493 e. The van der Waals surface area contributed by atoms with E-state index in [1.165, 1.54) is 5.56 Å². The standard InChI is InChI=1S/C21H23N3O2S/c1-27-11-9-18(21-23-16-4-2-3-5-17(16)24-21)22-20(25)13-14-6-7-15-8-10-26-19(15)12-14/h2-7,12,18H,8-11,13H2,1H3,(H,22,25)(H,23,24)/t18-/m0/s1. The molecule has 0 spiro atoms. The highest BCUT2D eigenvalue weighted by atomic mass is 32.2. The van der Waals surface area contributed by atoms with Crippen molar-refractivity contribution < 1.29 is 9.53 Å². The van der Waals surface area contributed by atoms with Gasteiger partial charge in [0, 0.05) is 6.42 Å². The number of hydrogen-bond acceptors (Lipinski definition) is 4. The molecular formula is C21H23N3O2S. The number of fused-ring (bicyclic) bond motifs is 2. The molecule has 1 aliphatic rings. The summed E-state index contributed by atoms with van der Waals surface area (Å²) in [4.78, 5) is 20.7. The van der Waals surface area contributed by atoms with Gasteiger partial charge in [0.2, 0.25) is 5.91 Å². The lowest BCUT2D eigenvalue weighted by Gasteiger charge is -2.16. The number of hydrogen-bond donors (Lipinski definition) is 2. The highest BCUT2D eigenvalue weighted by molar-refractivity contribution is 7.98. The third-order valence-electron chi connectivity index (χ3n) is 4.81. The first kappa shape index (κ1) is 17.9. The van der Waals surface area contributed by atoms with Crippen molar-refractivity contribution in [2.75, 3.05) is 18.6 Å². The first-order chi connectivity index (χ1) is 13.2. The molecule has 1 aliphatic heterocycles. The predicted octanol–water partition coefficient (Wildman–Crippen LogP) is 3.65. The Kier molecular flexibility index (Phi) is 5.34. The van der Waals surface area contributed by atoms with Gasteiger partial charge >= 0.3 is 0 Å². The number of aromatic nitrogens is 2. The van der Waals surface area contributed by atoms with Gasteiger partial charge in [-0.05, 0) is 47.8 Å². The number of ether oxygens (including phenoxy) is 1. The van der Waals surface area contributed by atoms with E-state index in [0.29, 0.717) is 6.42 Å². The maximum Gasteiger partial charge on any atom is 0.225 e. The van der Waals surface area contributed by atoms with Crippen molar-refractivity contribution >= 4 is 28.7 Å². The first-order valence-corrected chi connectivity index (χ1v) is 10.6. The molecule has 27 heavy (non-hydrogen) atoms. The molecule has 1 amide bonds. The van der Waals surface area contributed by atoms with Crippen molar-refractivity contribution in [3.05, 3.63) is 59.4 Å². The summed E-state index contributed by atoms with van der Waals surface area (Å²) in [6, 6.07) is 13.9. The van der Waals surface area contributed by atoms with E-state index in [4.69, 9.17) is 4.74 Å². The Bertz CT molecular complexity index is 921. The maximum absolute atomic E-state index is 12.7. The number of nitrogens with zero attached hydrogens (tertiary/aromatic N) is 1. The minimum Gasteiger partial charge on any atom is -0.493 e. The summed E-state index contributed by atoms with van der Waals surface area (Å²) in [5.74, 6) is 2.68. The molecule has 0 saturated carbocycles. The number of imidazole rings is 1. The van der Waals surface area contributed by atoms with Gasteiger partial charge in [0.05, 0.1) is 30.1 Å². The summed E-state index contributed by atoms with van der Waals surface area (Å²) >= 11 is 1.77. The Labute approximate surface area is 162 Å². The van der Waals surface area contributed by atoms with Crippen LogP contribution < -0.4 is 10.1 Å². The fourth-order valence-electron chi connectivity index (χ4n) is 3.40. The SMILES string of the molecule is CSCC[C@H](NC(=O)Cc1ccc2c(c1)OCC2)c1nc2ccccc2[nH]1. The van der Waals surface area contributed by atoms with Gasteiger partial charge in [-0.25, -0.2) is 4.98 Å². The van der Waals surface area contributed by atoms with E-state index in [9.17, 15) is 4.79 Å². The Morgan fingerprint density at radius 1 is 1.33 bits per heavy atom. The third kappa shape index (κ3) is 4.11. The molecule has 3 aromatic rings. The van der Waals surface area contributed by atoms with Crippen molar-refractivity contribution in [3.8, 4) is 5.75 Å². The van der Waals surface area contributed by atoms with Gasteiger partial charge in [0.25, 0.3) is 0 Å². The van der Waals surface area contributed by atoms with Crippen LogP contribution in [0.5, 0.6) is 5.75 Å². The highest BCUT2D eigenvalue weighted by Gasteiger charge is 2.19.